The second-order valence-electron chi connectivity index (χ2n) is 5.15. The predicted octanol–water partition coefficient (Wildman–Crippen LogP) is 2.79. The van der Waals surface area contributed by atoms with Gasteiger partial charge in [0.15, 0.2) is 0 Å². The Morgan fingerprint density at radius 3 is 2.76 bits per heavy atom. The second-order valence-corrected chi connectivity index (χ2v) is 7.50. The molecule has 1 saturated carbocycles. The minimum atomic E-state index is -3.50. The van der Waals surface area contributed by atoms with Gasteiger partial charge in [-0.25, -0.2) is 8.42 Å². The number of hydrogen-bond donors (Lipinski definition) is 1. The molecule has 1 aliphatic rings. The number of nitrogens with one attached hydrogen (secondary N) is 1. The zero-order valence-electron chi connectivity index (χ0n) is 12.2. The first-order chi connectivity index (χ1) is 9.98. The Morgan fingerprint density at radius 1 is 1.48 bits per heavy atom. The van der Waals surface area contributed by atoms with Crippen LogP contribution in [0.1, 0.15) is 25.3 Å². The Bertz CT molecular complexity index is 612. The zero-order chi connectivity index (χ0) is 15.5. The molecular weight excluding hydrogens is 308 g/mol. The highest BCUT2D eigenvalue weighted by atomic mass is 35.5. The lowest BCUT2D eigenvalue weighted by molar-refractivity contribution is 0.459. The van der Waals surface area contributed by atoms with E-state index in [1.54, 1.807) is 24.3 Å². The molecule has 1 aromatic carbocycles. The normalized spacial score (nSPS) is 15.4. The Morgan fingerprint density at radius 2 is 2.19 bits per heavy atom. The van der Waals surface area contributed by atoms with E-state index >= 15 is 0 Å². The van der Waals surface area contributed by atoms with E-state index in [0.717, 1.165) is 5.56 Å². The van der Waals surface area contributed by atoms with Gasteiger partial charge in [0.25, 0.3) is 0 Å². The Labute approximate surface area is 131 Å². The number of benzene rings is 1. The molecule has 21 heavy (non-hydrogen) atoms. The van der Waals surface area contributed by atoms with Gasteiger partial charge in [-0.05, 0) is 36.6 Å². The summed E-state index contributed by atoms with van der Waals surface area (Å²) in [4.78, 5) is 0.281. The van der Waals surface area contributed by atoms with Crippen molar-refractivity contribution >= 4 is 21.6 Å². The molecule has 0 spiro atoms. The maximum atomic E-state index is 12.6. The molecule has 4 nitrogen and oxygen atoms in total. The summed E-state index contributed by atoms with van der Waals surface area (Å²) in [6, 6.07) is 5.43. The monoisotopic (exact) mass is 328 g/mol. The second kappa shape index (κ2) is 6.92. The van der Waals surface area contributed by atoms with Crippen LogP contribution in [0.25, 0.3) is 0 Å². The van der Waals surface area contributed by atoms with Gasteiger partial charge < -0.3 is 5.32 Å². The van der Waals surface area contributed by atoms with E-state index in [1.807, 2.05) is 6.92 Å². The average Bonchev–Trinajstić information content (AvgIpc) is 3.27. The van der Waals surface area contributed by atoms with Crippen LogP contribution in [0.2, 0.25) is 5.02 Å². The molecule has 0 heterocycles. The van der Waals surface area contributed by atoms with Gasteiger partial charge >= 0.3 is 0 Å². The lowest BCUT2D eigenvalue weighted by Gasteiger charge is -2.19. The molecule has 1 aliphatic carbocycles. The van der Waals surface area contributed by atoms with Crippen molar-refractivity contribution in [2.75, 3.05) is 13.1 Å². The minimum absolute atomic E-state index is 0.281. The quantitative estimate of drug-likeness (QED) is 0.746. The third kappa shape index (κ3) is 4.07. The van der Waals surface area contributed by atoms with Gasteiger partial charge in [-0.1, -0.05) is 24.6 Å². The fourth-order valence-corrected chi connectivity index (χ4v) is 3.73. The molecule has 0 unspecified atom stereocenters. The molecule has 0 aliphatic heterocycles. The van der Waals surface area contributed by atoms with Crippen LogP contribution in [0, 0.1) is 0 Å². The first-order valence-electron chi connectivity index (χ1n) is 7.12. The Kier molecular flexibility index (Phi) is 5.43. The van der Waals surface area contributed by atoms with Gasteiger partial charge in [0.1, 0.15) is 0 Å². The van der Waals surface area contributed by atoms with Crippen LogP contribution in [0.15, 0.2) is 35.7 Å². The molecule has 0 radical (unpaired) electrons. The van der Waals surface area contributed by atoms with Gasteiger partial charge in [-0.15, -0.1) is 6.58 Å². The molecule has 0 amide bonds. The molecule has 6 heteroatoms. The molecule has 0 bridgehead atoms. The summed E-state index contributed by atoms with van der Waals surface area (Å²) in [5.41, 5.74) is 0.819. The van der Waals surface area contributed by atoms with Gasteiger partial charge in [0, 0.05) is 30.7 Å². The number of likely N-dealkylation sites (N-methyl/N-ethyl adjacent to an activating group) is 1. The number of halogens is 1. The van der Waals surface area contributed by atoms with E-state index in [9.17, 15) is 8.42 Å². The summed E-state index contributed by atoms with van der Waals surface area (Å²) in [5, 5.41) is 3.94. The van der Waals surface area contributed by atoms with Crippen LogP contribution >= 0.6 is 11.6 Å². The van der Waals surface area contributed by atoms with Crippen LogP contribution in [0.5, 0.6) is 0 Å². The molecule has 1 aromatic rings. The van der Waals surface area contributed by atoms with Crippen molar-refractivity contribution in [2.24, 2.45) is 0 Å². The average molecular weight is 329 g/mol. The van der Waals surface area contributed by atoms with Crippen LogP contribution in [-0.2, 0) is 16.6 Å². The van der Waals surface area contributed by atoms with Crippen molar-refractivity contribution in [1.29, 1.82) is 0 Å². The molecule has 0 aromatic heterocycles. The standard InChI is InChI=1S/C15H21ClN2O2S/c1-3-9-18(4-2)21(19,20)14-7-8-15(16)12(10-14)11-17-13-5-6-13/h3,7-8,10,13,17H,1,4-6,9,11H2,2H3. The molecule has 1 fully saturated rings. The van der Waals surface area contributed by atoms with Crippen molar-refractivity contribution in [2.45, 2.75) is 37.2 Å². The number of rotatable bonds is 8. The Hall–Kier alpha value is -0.880. The van der Waals surface area contributed by atoms with Crippen LogP contribution < -0.4 is 5.32 Å². The van der Waals surface area contributed by atoms with E-state index in [2.05, 4.69) is 11.9 Å². The maximum Gasteiger partial charge on any atom is 0.243 e. The third-order valence-corrected chi connectivity index (χ3v) is 5.80. The van der Waals surface area contributed by atoms with Crippen molar-refractivity contribution in [3.8, 4) is 0 Å². The molecule has 0 atom stereocenters. The van der Waals surface area contributed by atoms with E-state index in [1.165, 1.54) is 17.1 Å². The first kappa shape index (κ1) is 16.5. The summed E-state index contributed by atoms with van der Waals surface area (Å²) in [6.45, 7) is 6.73. The third-order valence-electron chi connectivity index (χ3n) is 3.50. The first-order valence-corrected chi connectivity index (χ1v) is 8.93. The summed E-state index contributed by atoms with van der Waals surface area (Å²) < 4.78 is 26.6. The van der Waals surface area contributed by atoms with Gasteiger partial charge in [-0.3, -0.25) is 0 Å². The largest absolute Gasteiger partial charge is 0.310 e. The summed E-state index contributed by atoms with van der Waals surface area (Å²) in [6.07, 6.45) is 3.95. The maximum absolute atomic E-state index is 12.6. The molecule has 2 rings (SSSR count). The van der Waals surface area contributed by atoms with Gasteiger partial charge in [0.05, 0.1) is 4.90 Å². The highest BCUT2D eigenvalue weighted by Crippen LogP contribution is 2.25. The topological polar surface area (TPSA) is 49.4 Å². The molecule has 0 saturated heterocycles. The highest BCUT2D eigenvalue weighted by Gasteiger charge is 2.24. The number of sulfonamides is 1. The molecular formula is C15H21ClN2O2S. The van der Waals surface area contributed by atoms with Crippen molar-refractivity contribution in [3.63, 3.8) is 0 Å². The Balaban J connectivity index is 2.25. The van der Waals surface area contributed by atoms with Crippen LogP contribution in [-0.4, -0.2) is 31.9 Å². The van der Waals surface area contributed by atoms with Gasteiger partial charge in [-0.2, -0.15) is 4.31 Å². The van der Waals surface area contributed by atoms with E-state index in [-0.39, 0.29) is 4.90 Å². The lowest BCUT2D eigenvalue weighted by Crippen LogP contribution is -2.31. The minimum Gasteiger partial charge on any atom is -0.310 e. The van der Waals surface area contributed by atoms with E-state index in [0.29, 0.717) is 30.7 Å². The number of nitrogens with zero attached hydrogens (tertiary/aromatic N) is 1. The number of hydrogen-bond acceptors (Lipinski definition) is 3. The van der Waals surface area contributed by atoms with Gasteiger partial charge in [0.2, 0.25) is 10.0 Å². The molecule has 1 N–H and O–H groups in total. The highest BCUT2D eigenvalue weighted by molar-refractivity contribution is 7.89. The summed E-state index contributed by atoms with van der Waals surface area (Å²) in [7, 11) is -3.50. The lowest BCUT2D eigenvalue weighted by atomic mass is 10.2. The van der Waals surface area contributed by atoms with Crippen molar-refractivity contribution < 1.29 is 8.42 Å². The van der Waals surface area contributed by atoms with E-state index in [4.69, 9.17) is 11.6 Å². The van der Waals surface area contributed by atoms with Crippen molar-refractivity contribution in [3.05, 3.63) is 41.4 Å². The summed E-state index contributed by atoms with van der Waals surface area (Å²) in [5.74, 6) is 0. The van der Waals surface area contributed by atoms with E-state index < -0.39 is 10.0 Å². The fourth-order valence-electron chi connectivity index (χ4n) is 2.08. The molecule has 116 valence electrons. The SMILES string of the molecule is C=CCN(CC)S(=O)(=O)c1ccc(Cl)c(CNC2CC2)c1. The summed E-state index contributed by atoms with van der Waals surface area (Å²) >= 11 is 6.16. The van der Waals surface area contributed by atoms with Crippen molar-refractivity contribution in [1.82, 2.24) is 9.62 Å². The smallest absolute Gasteiger partial charge is 0.243 e. The zero-order valence-corrected chi connectivity index (χ0v) is 13.8. The predicted molar refractivity (Wildman–Crippen MR) is 85.9 cm³/mol. The van der Waals surface area contributed by atoms with Crippen LogP contribution in [0.3, 0.4) is 0 Å². The fraction of sp³-hybridized carbons (Fsp3) is 0.467. The van der Waals surface area contributed by atoms with Crippen LogP contribution in [0.4, 0.5) is 0 Å².